The maximum absolute atomic E-state index is 12.1. The van der Waals surface area contributed by atoms with Gasteiger partial charge < -0.3 is 14.8 Å². The Labute approximate surface area is 135 Å². The lowest BCUT2D eigenvalue weighted by molar-refractivity contribution is -0.146. The normalized spacial score (nSPS) is 12.0. The van der Waals surface area contributed by atoms with E-state index in [1.54, 1.807) is 0 Å². The Morgan fingerprint density at radius 2 is 1.59 bits per heavy atom. The Morgan fingerprint density at radius 3 is 2.18 bits per heavy atom. The van der Waals surface area contributed by atoms with Gasteiger partial charge in [-0.3, -0.25) is 0 Å². The number of hydrogen-bond donors (Lipinski definition) is 1. The molecule has 5 heteroatoms. The van der Waals surface area contributed by atoms with Gasteiger partial charge in [-0.1, -0.05) is 53.4 Å². The monoisotopic (exact) mass is 315 g/mol. The van der Waals surface area contributed by atoms with Crippen LogP contribution in [0.1, 0.15) is 72.6 Å². The third kappa shape index (κ3) is 11.4. The summed E-state index contributed by atoms with van der Waals surface area (Å²) in [5, 5.41) is 2.61. The predicted octanol–water partition coefficient (Wildman–Crippen LogP) is 4.05. The number of amides is 1. The zero-order chi connectivity index (χ0) is 16.8. The van der Waals surface area contributed by atoms with Crippen molar-refractivity contribution in [1.82, 2.24) is 5.32 Å². The number of nitrogens with one attached hydrogen (secondary N) is 1. The van der Waals surface area contributed by atoms with Crippen LogP contribution in [0.5, 0.6) is 0 Å². The minimum absolute atomic E-state index is 0.286. The molecule has 1 amide bonds. The van der Waals surface area contributed by atoms with Crippen molar-refractivity contribution in [3.8, 4) is 0 Å². The van der Waals surface area contributed by atoms with Crippen LogP contribution in [0.3, 0.4) is 0 Å². The number of carbonyl (C=O) groups is 2. The molecule has 22 heavy (non-hydrogen) atoms. The highest BCUT2D eigenvalue weighted by Crippen LogP contribution is 2.08. The summed E-state index contributed by atoms with van der Waals surface area (Å²) in [6.07, 6.45) is 6.29. The zero-order valence-electron chi connectivity index (χ0n) is 14.7. The zero-order valence-corrected chi connectivity index (χ0v) is 14.7. The van der Waals surface area contributed by atoms with Crippen LogP contribution in [0.2, 0.25) is 0 Å². The Bertz CT molecular complexity index is 305. The molecule has 0 aliphatic rings. The largest absolute Gasteiger partial charge is 0.464 e. The van der Waals surface area contributed by atoms with Gasteiger partial charge in [-0.05, 0) is 25.2 Å². The van der Waals surface area contributed by atoms with E-state index in [2.05, 4.69) is 12.2 Å². The van der Waals surface area contributed by atoms with Crippen molar-refractivity contribution in [1.29, 1.82) is 0 Å². The number of unbranched alkanes of at least 4 members (excludes halogenated alkanes) is 4. The van der Waals surface area contributed by atoms with Gasteiger partial charge >= 0.3 is 12.1 Å². The van der Waals surface area contributed by atoms with E-state index in [-0.39, 0.29) is 11.9 Å². The first-order chi connectivity index (χ1) is 10.5. The molecule has 0 unspecified atom stereocenters. The molecule has 0 rings (SSSR count). The second-order valence-corrected chi connectivity index (χ2v) is 6.04. The van der Waals surface area contributed by atoms with Gasteiger partial charge in [0, 0.05) is 0 Å². The van der Waals surface area contributed by atoms with E-state index in [1.807, 2.05) is 20.8 Å². The topological polar surface area (TPSA) is 64.6 Å². The molecule has 0 fully saturated rings. The maximum atomic E-state index is 12.1. The van der Waals surface area contributed by atoms with E-state index < -0.39 is 12.1 Å². The molecule has 0 bridgehead atoms. The molecule has 0 aromatic carbocycles. The number of hydrogen-bond acceptors (Lipinski definition) is 4. The summed E-state index contributed by atoms with van der Waals surface area (Å²) in [5.74, 6) is -0.0776. The van der Waals surface area contributed by atoms with Crippen LogP contribution in [-0.2, 0) is 14.3 Å². The molecular formula is C17H33NO4. The Morgan fingerprint density at radius 1 is 0.909 bits per heavy atom. The van der Waals surface area contributed by atoms with Gasteiger partial charge in [0.05, 0.1) is 13.2 Å². The number of rotatable bonds is 12. The highest BCUT2D eigenvalue weighted by molar-refractivity contribution is 5.81. The van der Waals surface area contributed by atoms with Crippen molar-refractivity contribution in [3.63, 3.8) is 0 Å². The van der Waals surface area contributed by atoms with Gasteiger partial charge in [-0.15, -0.1) is 0 Å². The van der Waals surface area contributed by atoms with Crippen LogP contribution in [-0.4, -0.2) is 31.3 Å². The molecule has 1 atom stereocenters. The third-order valence-electron chi connectivity index (χ3n) is 3.21. The molecule has 0 aliphatic carbocycles. The SMILES string of the molecule is CCCCCCCOC(=O)[C@H](CC(C)C)NC(=O)OCCC. The van der Waals surface area contributed by atoms with Gasteiger partial charge in [0.2, 0.25) is 0 Å². The minimum atomic E-state index is -0.625. The van der Waals surface area contributed by atoms with E-state index in [1.165, 1.54) is 19.3 Å². The summed E-state index contributed by atoms with van der Waals surface area (Å²) in [6.45, 7) is 8.87. The summed E-state index contributed by atoms with van der Waals surface area (Å²) >= 11 is 0. The molecule has 0 saturated carbocycles. The van der Waals surface area contributed by atoms with Crippen LogP contribution in [0.25, 0.3) is 0 Å². The lowest BCUT2D eigenvalue weighted by Gasteiger charge is -2.19. The molecule has 0 aliphatic heterocycles. The quantitative estimate of drug-likeness (QED) is 0.436. The van der Waals surface area contributed by atoms with Crippen LogP contribution >= 0.6 is 0 Å². The first-order valence-corrected chi connectivity index (χ1v) is 8.61. The van der Waals surface area contributed by atoms with Gasteiger partial charge in [0.25, 0.3) is 0 Å². The van der Waals surface area contributed by atoms with Crippen LogP contribution in [0.15, 0.2) is 0 Å². The van der Waals surface area contributed by atoms with Gasteiger partial charge in [0.1, 0.15) is 6.04 Å². The van der Waals surface area contributed by atoms with Crippen molar-refractivity contribution >= 4 is 12.1 Å². The number of carbonyl (C=O) groups excluding carboxylic acids is 2. The molecule has 0 saturated heterocycles. The average molecular weight is 315 g/mol. The van der Waals surface area contributed by atoms with Crippen molar-refractivity contribution in [3.05, 3.63) is 0 Å². The van der Waals surface area contributed by atoms with Crippen LogP contribution in [0.4, 0.5) is 4.79 Å². The second-order valence-electron chi connectivity index (χ2n) is 6.04. The fourth-order valence-electron chi connectivity index (χ4n) is 2.04. The predicted molar refractivity (Wildman–Crippen MR) is 87.7 cm³/mol. The van der Waals surface area contributed by atoms with Gasteiger partial charge in [-0.2, -0.15) is 0 Å². The summed E-state index contributed by atoms with van der Waals surface area (Å²) in [5.41, 5.74) is 0. The highest BCUT2D eigenvalue weighted by Gasteiger charge is 2.23. The molecule has 0 heterocycles. The van der Waals surface area contributed by atoms with Gasteiger partial charge in [-0.25, -0.2) is 9.59 Å². The van der Waals surface area contributed by atoms with Gasteiger partial charge in [0.15, 0.2) is 0 Å². The maximum Gasteiger partial charge on any atom is 0.407 e. The molecule has 1 N–H and O–H groups in total. The second kappa shape index (κ2) is 13.4. The summed E-state index contributed by atoms with van der Waals surface area (Å²) in [6, 6.07) is -0.625. The molecule has 5 nitrogen and oxygen atoms in total. The van der Waals surface area contributed by atoms with E-state index in [0.717, 1.165) is 19.3 Å². The van der Waals surface area contributed by atoms with Crippen molar-refractivity contribution in [2.75, 3.05) is 13.2 Å². The number of alkyl carbamates (subject to hydrolysis) is 1. The lowest BCUT2D eigenvalue weighted by atomic mass is 10.0. The van der Waals surface area contributed by atoms with Crippen LogP contribution in [0, 0.1) is 5.92 Å². The summed E-state index contributed by atoms with van der Waals surface area (Å²) in [4.78, 5) is 23.7. The Balaban J connectivity index is 4.13. The molecule has 0 aromatic heterocycles. The smallest absolute Gasteiger partial charge is 0.407 e. The van der Waals surface area contributed by atoms with Crippen molar-refractivity contribution in [2.45, 2.75) is 78.7 Å². The van der Waals surface area contributed by atoms with E-state index in [0.29, 0.717) is 19.6 Å². The number of ether oxygens (including phenoxy) is 2. The van der Waals surface area contributed by atoms with E-state index in [9.17, 15) is 9.59 Å². The molecule has 0 spiro atoms. The lowest BCUT2D eigenvalue weighted by Crippen LogP contribution is -2.43. The first-order valence-electron chi connectivity index (χ1n) is 8.61. The summed E-state index contributed by atoms with van der Waals surface area (Å²) in [7, 11) is 0. The molecule has 130 valence electrons. The Hall–Kier alpha value is -1.26. The molecule has 0 radical (unpaired) electrons. The van der Waals surface area contributed by atoms with E-state index >= 15 is 0 Å². The fraction of sp³-hybridized carbons (Fsp3) is 0.882. The van der Waals surface area contributed by atoms with E-state index in [4.69, 9.17) is 9.47 Å². The Kier molecular flexibility index (Phi) is 12.6. The van der Waals surface area contributed by atoms with Crippen molar-refractivity contribution < 1.29 is 19.1 Å². The first kappa shape index (κ1) is 20.7. The molecule has 0 aromatic rings. The number of esters is 1. The third-order valence-corrected chi connectivity index (χ3v) is 3.21. The minimum Gasteiger partial charge on any atom is -0.464 e. The average Bonchev–Trinajstić information content (AvgIpc) is 2.47. The highest BCUT2D eigenvalue weighted by atomic mass is 16.6. The standard InChI is InChI=1S/C17H33NO4/c1-5-7-8-9-10-12-21-16(19)15(13-14(3)4)18-17(20)22-11-6-2/h14-15H,5-13H2,1-4H3,(H,18,20)/t15-/m0/s1. The van der Waals surface area contributed by atoms with Crippen molar-refractivity contribution in [2.24, 2.45) is 5.92 Å². The molecular weight excluding hydrogens is 282 g/mol. The summed E-state index contributed by atoms with van der Waals surface area (Å²) < 4.78 is 10.2. The fourth-order valence-corrected chi connectivity index (χ4v) is 2.04. The van der Waals surface area contributed by atoms with Crippen LogP contribution < -0.4 is 5.32 Å².